The summed E-state index contributed by atoms with van der Waals surface area (Å²) in [6, 6.07) is 1.67. The SMILES string of the molecule is CC(=O)N1CC[C@H](Oc2cc3c(O)nc(C)nc3c3c2OCCO3)C1. The minimum Gasteiger partial charge on any atom is -0.493 e. The van der Waals surface area contributed by atoms with Gasteiger partial charge in [0.1, 0.15) is 30.7 Å². The monoisotopic (exact) mass is 345 g/mol. The summed E-state index contributed by atoms with van der Waals surface area (Å²) in [5.41, 5.74) is 0.504. The molecule has 2 aliphatic rings. The van der Waals surface area contributed by atoms with E-state index in [0.717, 1.165) is 6.42 Å². The molecule has 8 heteroatoms. The van der Waals surface area contributed by atoms with E-state index in [0.29, 0.717) is 60.3 Å². The van der Waals surface area contributed by atoms with E-state index in [9.17, 15) is 9.90 Å². The van der Waals surface area contributed by atoms with Gasteiger partial charge in [-0.05, 0) is 13.0 Å². The van der Waals surface area contributed by atoms with Gasteiger partial charge in [0.25, 0.3) is 0 Å². The summed E-state index contributed by atoms with van der Waals surface area (Å²) in [6.45, 7) is 5.26. The first-order valence-electron chi connectivity index (χ1n) is 8.25. The summed E-state index contributed by atoms with van der Waals surface area (Å²) in [7, 11) is 0. The fourth-order valence-electron chi connectivity index (χ4n) is 3.22. The predicted molar refractivity (Wildman–Crippen MR) is 88.2 cm³/mol. The number of aryl methyl sites for hydroxylation is 1. The first-order chi connectivity index (χ1) is 12.0. The summed E-state index contributed by atoms with van der Waals surface area (Å²) in [5, 5.41) is 10.6. The van der Waals surface area contributed by atoms with Gasteiger partial charge in [0.15, 0.2) is 11.5 Å². The number of likely N-dealkylation sites (tertiary alicyclic amines) is 1. The van der Waals surface area contributed by atoms with Gasteiger partial charge in [-0.2, -0.15) is 4.98 Å². The Bertz CT molecular complexity index is 854. The Morgan fingerprint density at radius 2 is 2.08 bits per heavy atom. The molecule has 8 nitrogen and oxygen atoms in total. The van der Waals surface area contributed by atoms with Crippen molar-refractivity contribution in [1.29, 1.82) is 0 Å². The van der Waals surface area contributed by atoms with Crippen molar-refractivity contribution in [3.63, 3.8) is 0 Å². The zero-order chi connectivity index (χ0) is 17.6. The molecule has 0 radical (unpaired) electrons. The molecule has 0 unspecified atom stereocenters. The number of ether oxygens (including phenoxy) is 3. The maximum Gasteiger partial charge on any atom is 0.222 e. The van der Waals surface area contributed by atoms with Crippen molar-refractivity contribution in [2.24, 2.45) is 0 Å². The molecule has 1 atom stereocenters. The zero-order valence-electron chi connectivity index (χ0n) is 14.1. The van der Waals surface area contributed by atoms with Crippen LogP contribution in [-0.4, -0.2) is 58.3 Å². The number of aromatic hydroxyl groups is 1. The van der Waals surface area contributed by atoms with E-state index in [-0.39, 0.29) is 17.9 Å². The molecule has 3 heterocycles. The van der Waals surface area contributed by atoms with Crippen LogP contribution in [0, 0.1) is 6.92 Å². The molecular weight excluding hydrogens is 326 g/mol. The lowest BCUT2D eigenvalue weighted by atomic mass is 10.1. The second kappa shape index (κ2) is 5.94. The number of hydrogen-bond acceptors (Lipinski definition) is 7. The van der Waals surface area contributed by atoms with Gasteiger partial charge in [-0.1, -0.05) is 0 Å². The van der Waals surface area contributed by atoms with E-state index in [4.69, 9.17) is 14.2 Å². The third-order valence-electron chi connectivity index (χ3n) is 4.42. The Balaban J connectivity index is 1.75. The van der Waals surface area contributed by atoms with Crippen molar-refractivity contribution < 1.29 is 24.1 Å². The molecular formula is C17H19N3O5. The van der Waals surface area contributed by atoms with Crippen LogP contribution in [0.15, 0.2) is 6.07 Å². The standard InChI is InChI=1S/C17H19N3O5/c1-9-18-14-12(17(22)19-9)7-13(15-16(14)24-6-5-23-15)25-11-3-4-20(8-11)10(2)21/h7,11H,3-6,8H2,1-2H3,(H,18,19,22)/t11-/m0/s1. The number of aromatic nitrogens is 2. The van der Waals surface area contributed by atoms with Gasteiger partial charge in [0.2, 0.25) is 17.5 Å². The average molecular weight is 345 g/mol. The Labute approximate surface area is 144 Å². The number of amides is 1. The molecule has 0 spiro atoms. The van der Waals surface area contributed by atoms with Crippen LogP contribution in [-0.2, 0) is 4.79 Å². The first kappa shape index (κ1) is 15.7. The second-order valence-corrected chi connectivity index (χ2v) is 6.21. The predicted octanol–water partition coefficient (Wildman–Crippen LogP) is 1.41. The largest absolute Gasteiger partial charge is 0.493 e. The number of carbonyl (C=O) groups excluding carboxylic acids is 1. The summed E-state index contributed by atoms with van der Waals surface area (Å²) in [5.74, 6) is 1.77. The fraction of sp³-hybridized carbons (Fsp3) is 0.471. The van der Waals surface area contributed by atoms with Crippen molar-refractivity contribution >= 4 is 16.8 Å². The van der Waals surface area contributed by atoms with Crippen LogP contribution in [0.25, 0.3) is 10.9 Å². The molecule has 132 valence electrons. The second-order valence-electron chi connectivity index (χ2n) is 6.21. The topological polar surface area (TPSA) is 94.0 Å². The summed E-state index contributed by atoms with van der Waals surface area (Å²) in [6.07, 6.45) is 0.605. The van der Waals surface area contributed by atoms with Gasteiger partial charge in [-0.15, -0.1) is 0 Å². The molecule has 0 saturated carbocycles. The van der Waals surface area contributed by atoms with Gasteiger partial charge in [-0.25, -0.2) is 4.98 Å². The lowest BCUT2D eigenvalue weighted by Crippen LogP contribution is -2.29. The van der Waals surface area contributed by atoms with Crippen LogP contribution in [0.5, 0.6) is 23.1 Å². The molecule has 1 aromatic carbocycles. The molecule has 1 saturated heterocycles. The van der Waals surface area contributed by atoms with Gasteiger partial charge < -0.3 is 24.2 Å². The number of benzene rings is 1. The Hall–Kier alpha value is -2.77. The van der Waals surface area contributed by atoms with Crippen LogP contribution in [0.4, 0.5) is 0 Å². The van der Waals surface area contributed by atoms with Crippen molar-refractivity contribution in [3.05, 3.63) is 11.9 Å². The van der Waals surface area contributed by atoms with E-state index >= 15 is 0 Å². The molecule has 25 heavy (non-hydrogen) atoms. The maximum absolute atomic E-state index is 11.5. The zero-order valence-corrected chi connectivity index (χ0v) is 14.1. The van der Waals surface area contributed by atoms with Crippen molar-refractivity contribution in [1.82, 2.24) is 14.9 Å². The molecule has 1 amide bonds. The molecule has 1 fully saturated rings. The highest BCUT2D eigenvalue weighted by molar-refractivity contribution is 5.93. The normalized spacial score (nSPS) is 19.3. The molecule has 0 aliphatic carbocycles. The summed E-state index contributed by atoms with van der Waals surface area (Å²) < 4.78 is 17.6. The summed E-state index contributed by atoms with van der Waals surface area (Å²) in [4.78, 5) is 21.6. The Kier molecular flexibility index (Phi) is 3.74. The number of hydrogen-bond donors (Lipinski definition) is 1. The summed E-state index contributed by atoms with van der Waals surface area (Å²) >= 11 is 0. The molecule has 1 N–H and O–H groups in total. The molecule has 1 aromatic heterocycles. The number of nitrogens with zero attached hydrogens (tertiary/aromatic N) is 3. The number of rotatable bonds is 2. The molecule has 0 bridgehead atoms. The lowest BCUT2D eigenvalue weighted by molar-refractivity contribution is -0.128. The first-order valence-corrected chi connectivity index (χ1v) is 8.25. The van der Waals surface area contributed by atoms with E-state index in [1.54, 1.807) is 24.8 Å². The van der Waals surface area contributed by atoms with Crippen molar-refractivity contribution in [2.75, 3.05) is 26.3 Å². The highest BCUT2D eigenvalue weighted by Gasteiger charge is 2.29. The van der Waals surface area contributed by atoms with Gasteiger partial charge >= 0.3 is 0 Å². The van der Waals surface area contributed by atoms with Gasteiger partial charge in [-0.3, -0.25) is 4.79 Å². The molecule has 4 rings (SSSR count). The minimum absolute atomic E-state index is 0.0349. The van der Waals surface area contributed by atoms with Gasteiger partial charge in [0.05, 0.1) is 11.9 Å². The van der Waals surface area contributed by atoms with Crippen LogP contribution < -0.4 is 14.2 Å². The van der Waals surface area contributed by atoms with Crippen molar-refractivity contribution in [2.45, 2.75) is 26.4 Å². The maximum atomic E-state index is 11.5. The molecule has 2 aromatic rings. The highest BCUT2D eigenvalue weighted by atomic mass is 16.6. The van der Waals surface area contributed by atoms with E-state index < -0.39 is 0 Å². The average Bonchev–Trinajstić information content (AvgIpc) is 3.05. The van der Waals surface area contributed by atoms with Gasteiger partial charge in [0, 0.05) is 19.9 Å². The fourth-order valence-corrected chi connectivity index (χ4v) is 3.22. The Morgan fingerprint density at radius 1 is 1.32 bits per heavy atom. The third kappa shape index (κ3) is 2.77. The van der Waals surface area contributed by atoms with Crippen LogP contribution in [0.1, 0.15) is 19.2 Å². The minimum atomic E-state index is -0.135. The smallest absolute Gasteiger partial charge is 0.222 e. The number of fused-ring (bicyclic) bond motifs is 3. The Morgan fingerprint density at radius 3 is 2.80 bits per heavy atom. The van der Waals surface area contributed by atoms with E-state index in [1.165, 1.54) is 0 Å². The van der Waals surface area contributed by atoms with Crippen LogP contribution in [0.2, 0.25) is 0 Å². The van der Waals surface area contributed by atoms with Crippen LogP contribution in [0.3, 0.4) is 0 Å². The molecule has 2 aliphatic heterocycles. The quantitative estimate of drug-likeness (QED) is 0.879. The van der Waals surface area contributed by atoms with E-state index in [2.05, 4.69) is 9.97 Å². The van der Waals surface area contributed by atoms with Crippen LogP contribution >= 0.6 is 0 Å². The van der Waals surface area contributed by atoms with Crippen molar-refractivity contribution in [3.8, 4) is 23.1 Å². The lowest BCUT2D eigenvalue weighted by Gasteiger charge is -2.24. The number of carbonyl (C=O) groups is 1. The highest BCUT2D eigenvalue weighted by Crippen LogP contribution is 2.46. The van der Waals surface area contributed by atoms with E-state index in [1.807, 2.05) is 0 Å². The third-order valence-corrected chi connectivity index (χ3v) is 4.42.